The van der Waals surface area contributed by atoms with E-state index in [2.05, 4.69) is 69.4 Å². The molecule has 0 heterocycles. The predicted octanol–water partition coefficient (Wildman–Crippen LogP) is 22.2. The molecule has 0 aliphatic carbocycles. The molecule has 6 heteroatoms. The van der Waals surface area contributed by atoms with Crippen LogP contribution in [0.25, 0.3) is 0 Å². The van der Waals surface area contributed by atoms with Gasteiger partial charge in [0.25, 0.3) is 0 Å². The number of hydrogen-bond acceptors (Lipinski definition) is 6. The van der Waals surface area contributed by atoms with Crippen LogP contribution in [0, 0.1) is 0 Å². The minimum Gasteiger partial charge on any atom is -0.462 e. The molecule has 0 bridgehead atoms. The Morgan fingerprint density at radius 1 is 0.270 bits per heavy atom. The van der Waals surface area contributed by atoms with Crippen LogP contribution in [0.1, 0.15) is 348 Å². The number of carbonyl (C=O) groups is 3. The molecule has 74 heavy (non-hydrogen) atoms. The molecule has 1 unspecified atom stereocenters. The minimum absolute atomic E-state index is 0.0770. The van der Waals surface area contributed by atoms with Crippen molar-refractivity contribution in [3.05, 3.63) is 48.6 Å². The highest BCUT2D eigenvalue weighted by Gasteiger charge is 2.19. The quantitative estimate of drug-likeness (QED) is 0.0261. The fourth-order valence-corrected chi connectivity index (χ4v) is 9.58. The third-order valence-electron chi connectivity index (χ3n) is 14.5. The summed E-state index contributed by atoms with van der Waals surface area (Å²) in [4.78, 5) is 38.3. The number of ether oxygens (including phenoxy) is 3. The molecule has 0 aromatic rings. The summed E-state index contributed by atoms with van der Waals surface area (Å²) >= 11 is 0. The SMILES string of the molecule is CCCCC/C=C\C/C=C\CCCCCCCCCC(=O)OC(COC(=O)CCCCCCC/C=C\CCCCCCCCC)COC(=O)CCCCCCCCCCCCC/C=C\CCCCCCCCCC. The average molecular weight is 1040 g/mol. The first-order chi connectivity index (χ1) is 36.5. The standard InChI is InChI=1S/C68H124O6/c1-4-7-10-13-16-19-22-25-28-31-32-33-34-35-36-38-40-43-46-49-52-55-58-61-67(70)73-64-65(63-72-66(69)60-57-54-51-48-45-42-39-30-27-24-21-18-15-12-9-6-3)74-68(71)62-59-56-53-50-47-44-41-37-29-26-23-20-17-14-11-8-5-2/h17,20,26,29-32,39,65H,4-16,18-19,21-25,27-28,33-38,40-64H2,1-3H3/b20-17-,29-26-,32-31-,39-30-. The summed E-state index contributed by atoms with van der Waals surface area (Å²) in [6, 6.07) is 0. The molecule has 0 aliphatic heterocycles. The third kappa shape index (κ3) is 60.2. The molecular weight excluding hydrogens is 913 g/mol. The van der Waals surface area contributed by atoms with Gasteiger partial charge in [-0.3, -0.25) is 14.4 Å². The molecule has 432 valence electrons. The second-order valence-electron chi connectivity index (χ2n) is 22.0. The minimum atomic E-state index is -0.781. The van der Waals surface area contributed by atoms with E-state index in [9.17, 15) is 14.4 Å². The van der Waals surface area contributed by atoms with Crippen molar-refractivity contribution in [2.24, 2.45) is 0 Å². The number of esters is 3. The lowest BCUT2D eigenvalue weighted by molar-refractivity contribution is -0.167. The summed E-state index contributed by atoms with van der Waals surface area (Å²) < 4.78 is 16.9. The lowest BCUT2D eigenvalue weighted by atomic mass is 10.0. The van der Waals surface area contributed by atoms with Crippen LogP contribution >= 0.6 is 0 Å². The highest BCUT2D eigenvalue weighted by Crippen LogP contribution is 2.17. The van der Waals surface area contributed by atoms with Crippen LogP contribution in [0.15, 0.2) is 48.6 Å². The molecule has 6 nitrogen and oxygen atoms in total. The Balaban J connectivity index is 4.33. The van der Waals surface area contributed by atoms with Crippen LogP contribution in [0.5, 0.6) is 0 Å². The normalized spacial score (nSPS) is 12.3. The molecule has 1 atom stereocenters. The number of rotatable bonds is 60. The monoisotopic (exact) mass is 1040 g/mol. The maximum absolute atomic E-state index is 12.9. The van der Waals surface area contributed by atoms with Crippen molar-refractivity contribution in [1.29, 1.82) is 0 Å². The van der Waals surface area contributed by atoms with E-state index in [0.717, 1.165) is 77.0 Å². The molecule has 0 amide bonds. The highest BCUT2D eigenvalue weighted by molar-refractivity contribution is 5.71. The molecule has 0 saturated heterocycles. The van der Waals surface area contributed by atoms with Gasteiger partial charge in [-0.25, -0.2) is 0 Å². The van der Waals surface area contributed by atoms with Crippen molar-refractivity contribution in [2.45, 2.75) is 354 Å². The fraction of sp³-hybridized carbons (Fsp3) is 0.838. The van der Waals surface area contributed by atoms with Gasteiger partial charge in [0, 0.05) is 19.3 Å². The fourth-order valence-electron chi connectivity index (χ4n) is 9.58. The Bertz CT molecular complexity index is 1280. The van der Waals surface area contributed by atoms with Gasteiger partial charge in [-0.05, 0) is 103 Å². The Kier molecular flexibility index (Phi) is 60.7. The number of allylic oxidation sites excluding steroid dienone is 8. The van der Waals surface area contributed by atoms with Crippen molar-refractivity contribution in [3.63, 3.8) is 0 Å². The lowest BCUT2D eigenvalue weighted by Crippen LogP contribution is -2.30. The summed E-state index contributed by atoms with van der Waals surface area (Å²) in [6.45, 7) is 6.65. The Labute approximate surface area is 460 Å². The van der Waals surface area contributed by atoms with Crippen molar-refractivity contribution in [2.75, 3.05) is 13.2 Å². The molecule has 0 spiro atoms. The molecule has 0 aromatic heterocycles. The van der Waals surface area contributed by atoms with Crippen molar-refractivity contribution >= 4 is 17.9 Å². The van der Waals surface area contributed by atoms with E-state index >= 15 is 0 Å². The Morgan fingerprint density at radius 2 is 0.486 bits per heavy atom. The van der Waals surface area contributed by atoms with Crippen LogP contribution in [-0.4, -0.2) is 37.2 Å². The molecule has 0 rings (SSSR count). The van der Waals surface area contributed by atoms with Gasteiger partial charge in [0.1, 0.15) is 13.2 Å². The van der Waals surface area contributed by atoms with Crippen LogP contribution in [0.4, 0.5) is 0 Å². The molecule has 0 fully saturated rings. The summed E-state index contributed by atoms with van der Waals surface area (Å²) in [7, 11) is 0. The second kappa shape index (κ2) is 62.9. The second-order valence-corrected chi connectivity index (χ2v) is 22.0. The third-order valence-corrected chi connectivity index (χ3v) is 14.5. The zero-order valence-electron chi connectivity index (χ0n) is 49.6. The molecular formula is C68H124O6. The predicted molar refractivity (Wildman–Crippen MR) is 321 cm³/mol. The number of carbonyl (C=O) groups excluding carboxylic acids is 3. The van der Waals surface area contributed by atoms with Gasteiger partial charge in [0.05, 0.1) is 0 Å². The first-order valence-electron chi connectivity index (χ1n) is 32.6. The first-order valence-corrected chi connectivity index (χ1v) is 32.6. The topological polar surface area (TPSA) is 78.9 Å². The van der Waals surface area contributed by atoms with Crippen LogP contribution in [0.2, 0.25) is 0 Å². The van der Waals surface area contributed by atoms with E-state index in [0.29, 0.717) is 19.3 Å². The van der Waals surface area contributed by atoms with Crippen molar-refractivity contribution in [1.82, 2.24) is 0 Å². The number of hydrogen-bond donors (Lipinski definition) is 0. The molecule has 0 N–H and O–H groups in total. The van der Waals surface area contributed by atoms with Crippen LogP contribution in [0.3, 0.4) is 0 Å². The molecule has 0 radical (unpaired) electrons. The Hall–Kier alpha value is -2.63. The van der Waals surface area contributed by atoms with Gasteiger partial charge in [-0.2, -0.15) is 0 Å². The van der Waals surface area contributed by atoms with Crippen LogP contribution in [-0.2, 0) is 28.6 Å². The highest BCUT2D eigenvalue weighted by atomic mass is 16.6. The summed E-state index contributed by atoms with van der Waals surface area (Å²) in [5.41, 5.74) is 0. The maximum atomic E-state index is 12.9. The summed E-state index contributed by atoms with van der Waals surface area (Å²) in [6.07, 6.45) is 78.3. The smallest absolute Gasteiger partial charge is 0.306 e. The first kappa shape index (κ1) is 71.4. The summed E-state index contributed by atoms with van der Waals surface area (Å²) in [5, 5.41) is 0. The summed E-state index contributed by atoms with van der Waals surface area (Å²) in [5.74, 6) is -0.874. The van der Waals surface area contributed by atoms with Gasteiger partial charge in [-0.1, -0.05) is 275 Å². The zero-order valence-corrected chi connectivity index (χ0v) is 49.6. The van der Waals surface area contributed by atoms with Crippen molar-refractivity contribution < 1.29 is 28.6 Å². The zero-order chi connectivity index (χ0) is 53.6. The lowest BCUT2D eigenvalue weighted by Gasteiger charge is -2.18. The van der Waals surface area contributed by atoms with Crippen LogP contribution < -0.4 is 0 Å². The van der Waals surface area contributed by atoms with E-state index in [1.54, 1.807) is 0 Å². The van der Waals surface area contributed by atoms with Gasteiger partial charge in [0.2, 0.25) is 0 Å². The molecule has 0 aromatic carbocycles. The van der Waals surface area contributed by atoms with E-state index in [1.807, 2.05) is 0 Å². The Morgan fingerprint density at radius 3 is 0.784 bits per heavy atom. The van der Waals surface area contributed by atoms with Crippen molar-refractivity contribution in [3.8, 4) is 0 Å². The molecule has 0 aliphatic rings. The molecule has 0 saturated carbocycles. The van der Waals surface area contributed by atoms with Gasteiger partial charge < -0.3 is 14.2 Å². The van der Waals surface area contributed by atoms with E-state index in [-0.39, 0.29) is 31.1 Å². The van der Waals surface area contributed by atoms with E-state index in [4.69, 9.17) is 14.2 Å². The largest absolute Gasteiger partial charge is 0.462 e. The van der Waals surface area contributed by atoms with Gasteiger partial charge in [0.15, 0.2) is 6.10 Å². The maximum Gasteiger partial charge on any atom is 0.306 e. The van der Waals surface area contributed by atoms with E-state index < -0.39 is 6.10 Å². The van der Waals surface area contributed by atoms with Gasteiger partial charge in [-0.15, -0.1) is 0 Å². The average Bonchev–Trinajstić information content (AvgIpc) is 3.40. The van der Waals surface area contributed by atoms with Gasteiger partial charge >= 0.3 is 17.9 Å². The van der Waals surface area contributed by atoms with E-state index in [1.165, 1.54) is 231 Å². The number of unbranched alkanes of at least 4 members (excludes halogenated alkanes) is 41.